The molecule has 6 N–H and O–H groups in total. The largest absolute Gasteiger partial charge is 0.478 e. The van der Waals surface area contributed by atoms with Gasteiger partial charge in [-0.3, -0.25) is 24.0 Å². The van der Waals surface area contributed by atoms with Crippen LogP contribution < -0.4 is 26.6 Å². The highest BCUT2D eigenvalue weighted by molar-refractivity contribution is 6.06. The summed E-state index contributed by atoms with van der Waals surface area (Å²) in [6, 6.07) is 29.1. The predicted molar refractivity (Wildman–Crippen MR) is 267 cm³/mol. The second-order valence-electron chi connectivity index (χ2n) is 20.5. The van der Waals surface area contributed by atoms with Crippen molar-refractivity contribution in [2.75, 3.05) is 13.1 Å². The lowest BCUT2D eigenvalue weighted by Gasteiger charge is -2.19. The van der Waals surface area contributed by atoms with Gasteiger partial charge < -0.3 is 31.7 Å². The second-order valence-corrected chi connectivity index (χ2v) is 20.5. The summed E-state index contributed by atoms with van der Waals surface area (Å²) in [6.45, 7) is 19.4. The molecule has 12 heteroatoms. The number of carboxylic acid groups (broad SMARTS) is 1. The van der Waals surface area contributed by atoms with Crippen molar-refractivity contribution >= 4 is 35.5 Å². The summed E-state index contributed by atoms with van der Waals surface area (Å²) in [4.78, 5) is 76.1. The van der Waals surface area contributed by atoms with E-state index in [0.29, 0.717) is 64.1 Å². The SMILES string of the molecule is Cc1ccc(C(=O)NC2CC2)cc1-c1ccc(C(=O)NCC(C)(C)C)cc1C(=O)O.Cc1ccc(CNC(=O)c2cc(C(=O)NCC(C)(C)C)ccc2-c2cc(C(=O)NC3CC3)ccc2C)cc1. The Kier molecular flexibility index (Phi) is 15.7. The normalized spacial score (nSPS) is 13.3. The van der Waals surface area contributed by atoms with Gasteiger partial charge in [-0.2, -0.15) is 0 Å². The molecule has 356 valence electrons. The summed E-state index contributed by atoms with van der Waals surface area (Å²) < 4.78 is 0. The van der Waals surface area contributed by atoms with Gasteiger partial charge in [-0.15, -0.1) is 0 Å². The number of benzene rings is 5. The number of rotatable bonds is 14. The zero-order valence-corrected chi connectivity index (χ0v) is 40.7. The van der Waals surface area contributed by atoms with Crippen LogP contribution in [0.1, 0.15) is 152 Å². The van der Waals surface area contributed by atoms with Crippen molar-refractivity contribution in [1.29, 1.82) is 0 Å². The monoisotopic (exact) mass is 919 g/mol. The number of carbonyl (C=O) groups is 6. The minimum Gasteiger partial charge on any atom is -0.478 e. The first-order chi connectivity index (χ1) is 32.0. The number of aromatic carboxylic acids is 1. The maximum absolute atomic E-state index is 13.5. The number of aryl methyl sites for hydroxylation is 3. The van der Waals surface area contributed by atoms with E-state index in [1.165, 1.54) is 6.07 Å². The maximum atomic E-state index is 13.5. The lowest BCUT2D eigenvalue weighted by molar-refractivity contribution is 0.0696. The molecule has 2 aliphatic carbocycles. The molecule has 0 unspecified atom stereocenters. The third kappa shape index (κ3) is 14.2. The molecular formula is C56H65N5O7. The minimum atomic E-state index is -1.12. The van der Waals surface area contributed by atoms with E-state index in [2.05, 4.69) is 47.4 Å². The van der Waals surface area contributed by atoms with Crippen LogP contribution in [0, 0.1) is 31.6 Å². The highest BCUT2D eigenvalue weighted by atomic mass is 16.4. The zero-order chi connectivity index (χ0) is 49.5. The van der Waals surface area contributed by atoms with Gasteiger partial charge in [0.25, 0.3) is 29.5 Å². The first kappa shape index (κ1) is 50.3. The van der Waals surface area contributed by atoms with Crippen molar-refractivity contribution in [2.45, 2.75) is 107 Å². The lowest BCUT2D eigenvalue weighted by Crippen LogP contribution is -2.32. The van der Waals surface area contributed by atoms with E-state index in [-0.39, 0.29) is 58.0 Å². The van der Waals surface area contributed by atoms with Crippen molar-refractivity contribution in [2.24, 2.45) is 10.8 Å². The van der Waals surface area contributed by atoms with Crippen LogP contribution in [0.3, 0.4) is 0 Å². The Morgan fingerprint density at radius 1 is 0.471 bits per heavy atom. The first-order valence-corrected chi connectivity index (χ1v) is 23.3. The topological polar surface area (TPSA) is 183 Å². The van der Waals surface area contributed by atoms with Crippen LogP contribution in [0.5, 0.6) is 0 Å². The minimum absolute atomic E-state index is 0.0289. The number of carbonyl (C=O) groups excluding carboxylic acids is 5. The highest BCUT2D eigenvalue weighted by Crippen LogP contribution is 2.32. The van der Waals surface area contributed by atoms with E-state index in [4.69, 9.17) is 0 Å². The summed E-state index contributed by atoms with van der Waals surface area (Å²) in [5.74, 6) is -2.21. The molecule has 5 aromatic rings. The molecule has 0 spiro atoms. The summed E-state index contributed by atoms with van der Waals surface area (Å²) in [5, 5.41) is 24.6. The Hall–Kier alpha value is -7.08. The van der Waals surface area contributed by atoms with Gasteiger partial charge in [0.05, 0.1) is 5.56 Å². The van der Waals surface area contributed by atoms with E-state index >= 15 is 0 Å². The molecule has 0 saturated heterocycles. The van der Waals surface area contributed by atoms with Crippen LogP contribution in [0.2, 0.25) is 0 Å². The summed E-state index contributed by atoms with van der Waals surface area (Å²) in [5.41, 5.74) is 8.56. The van der Waals surface area contributed by atoms with E-state index in [1.54, 1.807) is 42.5 Å². The van der Waals surface area contributed by atoms with Gasteiger partial charge in [0, 0.05) is 59.5 Å². The van der Waals surface area contributed by atoms with Crippen LogP contribution in [0.4, 0.5) is 0 Å². The highest BCUT2D eigenvalue weighted by Gasteiger charge is 2.27. The number of hydrogen-bond donors (Lipinski definition) is 6. The quantitative estimate of drug-likeness (QED) is 0.0641. The average molecular weight is 920 g/mol. The molecule has 7 rings (SSSR count). The first-order valence-electron chi connectivity index (χ1n) is 23.3. The molecular weight excluding hydrogens is 855 g/mol. The van der Waals surface area contributed by atoms with Crippen molar-refractivity contribution < 1.29 is 33.9 Å². The fraction of sp³-hybridized carbons (Fsp3) is 0.357. The van der Waals surface area contributed by atoms with E-state index in [9.17, 15) is 33.9 Å². The average Bonchev–Trinajstić information content (AvgIpc) is 4.25. The van der Waals surface area contributed by atoms with E-state index in [1.807, 2.05) is 90.1 Å². The summed E-state index contributed by atoms with van der Waals surface area (Å²) in [7, 11) is 0. The Morgan fingerprint density at radius 3 is 1.28 bits per heavy atom. The second kappa shape index (κ2) is 21.3. The Balaban J connectivity index is 0.000000230. The molecule has 5 amide bonds. The fourth-order valence-electron chi connectivity index (χ4n) is 7.18. The number of hydrogen-bond acceptors (Lipinski definition) is 6. The molecule has 5 aromatic carbocycles. The van der Waals surface area contributed by atoms with Crippen LogP contribution in [-0.4, -0.2) is 65.8 Å². The molecule has 0 radical (unpaired) electrons. The number of amides is 5. The van der Waals surface area contributed by atoms with Gasteiger partial charge in [-0.05, 0) is 145 Å². The fourth-order valence-corrected chi connectivity index (χ4v) is 7.18. The van der Waals surface area contributed by atoms with Crippen LogP contribution in [0.25, 0.3) is 22.3 Å². The maximum Gasteiger partial charge on any atom is 0.336 e. The van der Waals surface area contributed by atoms with Crippen LogP contribution >= 0.6 is 0 Å². The molecule has 0 aliphatic heterocycles. The Labute approximate surface area is 400 Å². The molecule has 2 fully saturated rings. The van der Waals surface area contributed by atoms with Gasteiger partial charge in [0.15, 0.2) is 0 Å². The van der Waals surface area contributed by atoms with Gasteiger partial charge >= 0.3 is 5.97 Å². The molecule has 0 aromatic heterocycles. The number of carboxylic acids is 1. The van der Waals surface area contributed by atoms with E-state index < -0.39 is 5.97 Å². The van der Waals surface area contributed by atoms with Gasteiger partial charge in [-0.25, -0.2) is 4.79 Å². The van der Waals surface area contributed by atoms with Gasteiger partial charge in [0.2, 0.25) is 0 Å². The molecule has 2 aliphatic rings. The smallest absolute Gasteiger partial charge is 0.336 e. The van der Waals surface area contributed by atoms with Crippen molar-refractivity contribution in [3.05, 3.63) is 153 Å². The Morgan fingerprint density at radius 2 is 0.868 bits per heavy atom. The molecule has 0 atom stereocenters. The van der Waals surface area contributed by atoms with Crippen molar-refractivity contribution in [3.63, 3.8) is 0 Å². The molecule has 12 nitrogen and oxygen atoms in total. The van der Waals surface area contributed by atoms with Crippen molar-refractivity contribution in [3.8, 4) is 22.3 Å². The zero-order valence-electron chi connectivity index (χ0n) is 40.7. The standard InChI is InChI=1S/C32H37N3O3.C24H28N2O4/c1-20-6-9-22(10-7-20)18-33-31(38)28-17-23(29(36)34-19-32(3,4)5)12-15-26(28)27-16-24(11-8-21(27)2)30(37)35-25-13-14-25;1-14-5-6-16(22(28)26-17-8-9-17)11-19(14)18-10-7-15(12-20(18)23(29)30)21(27)25-13-24(2,3)4/h6-12,15-17,25H,13-14,18-19H2,1-5H3,(H,33,38)(H,34,36)(H,35,37);5-7,10-12,17H,8-9,13H2,1-4H3,(H,25,27)(H,26,28)(H,29,30). The summed E-state index contributed by atoms with van der Waals surface area (Å²) in [6.07, 6.45) is 4.00. The number of nitrogens with one attached hydrogen (secondary N) is 5. The van der Waals surface area contributed by atoms with Gasteiger partial charge in [-0.1, -0.05) is 95.6 Å². The van der Waals surface area contributed by atoms with Gasteiger partial charge in [0.1, 0.15) is 0 Å². The third-order valence-electron chi connectivity index (χ3n) is 11.6. The summed E-state index contributed by atoms with van der Waals surface area (Å²) >= 11 is 0. The Bertz CT molecular complexity index is 2720. The molecule has 0 heterocycles. The molecule has 68 heavy (non-hydrogen) atoms. The van der Waals surface area contributed by atoms with Crippen LogP contribution in [0.15, 0.2) is 97.1 Å². The van der Waals surface area contributed by atoms with Crippen molar-refractivity contribution in [1.82, 2.24) is 26.6 Å². The molecule has 2 saturated carbocycles. The lowest BCUT2D eigenvalue weighted by atomic mass is 9.92. The van der Waals surface area contributed by atoms with E-state index in [0.717, 1.165) is 53.5 Å². The van der Waals surface area contributed by atoms with Crippen LogP contribution in [-0.2, 0) is 6.54 Å². The predicted octanol–water partition coefficient (Wildman–Crippen LogP) is 9.60. The third-order valence-corrected chi connectivity index (χ3v) is 11.6. The molecule has 0 bridgehead atoms.